The summed E-state index contributed by atoms with van der Waals surface area (Å²) in [6.45, 7) is 4.79. The van der Waals surface area contributed by atoms with Gasteiger partial charge in [-0.2, -0.15) is 12.4 Å². The largest absolute Gasteiger partial charge is 0.368 e. The second-order valence-corrected chi connectivity index (χ2v) is 6.61. The van der Waals surface area contributed by atoms with Gasteiger partial charge in [-0.25, -0.2) is 4.79 Å². The first-order valence-electron chi connectivity index (χ1n) is 5.80. The van der Waals surface area contributed by atoms with Gasteiger partial charge in [0.2, 0.25) is 0 Å². The van der Waals surface area contributed by atoms with Gasteiger partial charge in [-0.15, -0.1) is 0 Å². The lowest BCUT2D eigenvalue weighted by atomic mass is 10.1. The molecule has 0 radical (unpaired) electrons. The van der Waals surface area contributed by atoms with Crippen LogP contribution in [0.3, 0.4) is 0 Å². The van der Waals surface area contributed by atoms with Crippen LogP contribution in [0.2, 0.25) is 0 Å². The molecule has 0 aliphatic heterocycles. The predicted molar refractivity (Wildman–Crippen MR) is 74.4 cm³/mol. The zero-order valence-electron chi connectivity index (χ0n) is 11.2. The van der Waals surface area contributed by atoms with Crippen molar-refractivity contribution in [1.29, 1.82) is 0 Å². The Morgan fingerprint density at radius 3 is 2.15 bits per heavy atom. The van der Waals surface area contributed by atoms with E-state index in [4.69, 9.17) is 0 Å². The molecule has 20 heavy (non-hydrogen) atoms. The third kappa shape index (κ3) is 2.16. The van der Waals surface area contributed by atoms with Crippen LogP contribution < -0.4 is 11.2 Å². The third-order valence-corrected chi connectivity index (χ3v) is 3.64. The van der Waals surface area contributed by atoms with Crippen LogP contribution in [0.4, 0.5) is 0 Å². The van der Waals surface area contributed by atoms with E-state index in [-0.39, 0.29) is 14.9 Å². The number of benzene rings is 1. The summed E-state index contributed by atoms with van der Waals surface area (Å²) in [7, 11) is -4.82. The minimum Gasteiger partial charge on any atom is -0.269 e. The van der Waals surface area contributed by atoms with Crippen LogP contribution in [-0.4, -0.2) is 21.5 Å². The summed E-state index contributed by atoms with van der Waals surface area (Å²) in [6, 6.07) is 5.72. The van der Waals surface area contributed by atoms with Gasteiger partial charge in [-0.3, -0.25) is 13.9 Å². The van der Waals surface area contributed by atoms with Gasteiger partial charge in [-0.1, -0.05) is 12.1 Å². The molecule has 8 heteroatoms. The lowest BCUT2D eigenvalue weighted by molar-refractivity contribution is 0.364. The van der Waals surface area contributed by atoms with Crippen molar-refractivity contribution in [1.82, 2.24) is 8.54 Å². The van der Waals surface area contributed by atoms with Crippen LogP contribution in [0.25, 0.3) is 10.9 Å². The summed E-state index contributed by atoms with van der Waals surface area (Å²) in [5, 5.41) is 0.0413. The van der Waals surface area contributed by atoms with E-state index in [1.807, 2.05) is 0 Å². The summed E-state index contributed by atoms with van der Waals surface area (Å²) in [5.41, 5.74) is -2.77. The molecule has 1 heterocycles. The highest BCUT2D eigenvalue weighted by atomic mass is 32.2. The number of aromatic nitrogens is 2. The Balaban J connectivity index is 3.23. The maximum atomic E-state index is 12.3. The Morgan fingerprint density at radius 1 is 1.10 bits per heavy atom. The van der Waals surface area contributed by atoms with E-state index >= 15 is 0 Å². The first-order valence-corrected chi connectivity index (χ1v) is 7.20. The second-order valence-electron chi connectivity index (χ2n) is 5.35. The fraction of sp³-hybridized carbons (Fsp3) is 0.333. The lowest BCUT2D eigenvalue weighted by Gasteiger charge is -2.22. The number of hydrogen-bond donors (Lipinski definition) is 1. The van der Waals surface area contributed by atoms with Gasteiger partial charge in [0.25, 0.3) is 5.56 Å². The van der Waals surface area contributed by atoms with Crippen molar-refractivity contribution in [3.05, 3.63) is 45.1 Å². The Morgan fingerprint density at radius 2 is 1.65 bits per heavy atom. The van der Waals surface area contributed by atoms with Crippen molar-refractivity contribution in [2.24, 2.45) is 0 Å². The molecule has 0 saturated carbocycles. The SMILES string of the molecule is CC(C)(C)n1c(=O)c2ccccc2n(S(=O)(=O)O)c1=O. The van der Waals surface area contributed by atoms with Crippen molar-refractivity contribution in [3.63, 3.8) is 0 Å². The molecule has 0 fully saturated rings. The summed E-state index contributed by atoms with van der Waals surface area (Å²) in [4.78, 5) is 24.6. The molecule has 108 valence electrons. The molecule has 0 saturated heterocycles. The topological polar surface area (TPSA) is 98.4 Å². The van der Waals surface area contributed by atoms with Crippen molar-refractivity contribution in [3.8, 4) is 0 Å². The molecule has 7 nitrogen and oxygen atoms in total. The van der Waals surface area contributed by atoms with Gasteiger partial charge in [-0.05, 0) is 32.9 Å². The number of nitrogens with zero attached hydrogens (tertiary/aromatic N) is 2. The Bertz CT molecular complexity index is 900. The van der Waals surface area contributed by atoms with Gasteiger partial charge in [0, 0.05) is 5.54 Å². The minimum atomic E-state index is -4.82. The maximum absolute atomic E-state index is 12.3. The Hall–Kier alpha value is -1.93. The average molecular weight is 298 g/mol. The van der Waals surface area contributed by atoms with Crippen LogP contribution in [0.5, 0.6) is 0 Å². The van der Waals surface area contributed by atoms with Gasteiger partial charge in [0.1, 0.15) is 0 Å². The first-order chi connectivity index (χ1) is 9.05. The van der Waals surface area contributed by atoms with Gasteiger partial charge >= 0.3 is 16.0 Å². The van der Waals surface area contributed by atoms with E-state index in [2.05, 4.69) is 0 Å². The lowest BCUT2D eigenvalue weighted by Crippen LogP contribution is -2.49. The standard InChI is InChI=1S/C12H14N2O5S/c1-12(2,3)13-10(15)8-6-4-5-7-9(8)14(11(13)16)20(17,18)19/h4-7H,1-3H3,(H,17,18,19). The molecule has 0 spiro atoms. The predicted octanol–water partition coefficient (Wildman–Crippen LogP) is 0.569. The third-order valence-electron chi connectivity index (χ3n) is 2.82. The second kappa shape index (κ2) is 4.29. The molecule has 0 atom stereocenters. The highest BCUT2D eigenvalue weighted by Crippen LogP contribution is 2.13. The molecule has 2 aromatic rings. The van der Waals surface area contributed by atoms with Crippen LogP contribution in [0, 0.1) is 0 Å². The fourth-order valence-corrected chi connectivity index (χ4v) is 2.73. The molecule has 0 aliphatic carbocycles. The zero-order chi connectivity index (χ0) is 15.3. The zero-order valence-corrected chi connectivity index (χ0v) is 12.0. The van der Waals surface area contributed by atoms with Crippen LogP contribution in [0.15, 0.2) is 33.9 Å². The Labute approximate surface area is 115 Å². The quantitative estimate of drug-likeness (QED) is 0.776. The minimum absolute atomic E-state index is 0.0413. The van der Waals surface area contributed by atoms with Crippen molar-refractivity contribution in [2.75, 3.05) is 0 Å². The highest BCUT2D eigenvalue weighted by Gasteiger charge is 2.26. The van der Waals surface area contributed by atoms with Crippen LogP contribution in [-0.2, 0) is 15.8 Å². The summed E-state index contributed by atoms with van der Waals surface area (Å²) in [5.74, 6) is 0. The fourth-order valence-electron chi connectivity index (χ4n) is 2.05. The molecule has 0 amide bonds. The summed E-state index contributed by atoms with van der Waals surface area (Å²) in [6.07, 6.45) is 0. The van der Waals surface area contributed by atoms with Crippen LogP contribution in [0.1, 0.15) is 20.8 Å². The molecular weight excluding hydrogens is 284 g/mol. The van der Waals surface area contributed by atoms with Crippen molar-refractivity contribution >= 4 is 21.2 Å². The van der Waals surface area contributed by atoms with Crippen LogP contribution >= 0.6 is 0 Å². The highest BCUT2D eigenvalue weighted by molar-refractivity contribution is 7.84. The molecule has 1 N–H and O–H groups in total. The molecular formula is C12H14N2O5S. The normalized spacial score (nSPS) is 12.8. The monoisotopic (exact) mass is 298 g/mol. The molecule has 0 unspecified atom stereocenters. The van der Waals surface area contributed by atoms with E-state index in [0.717, 1.165) is 4.57 Å². The molecule has 1 aromatic heterocycles. The Kier molecular flexibility index (Phi) is 3.10. The average Bonchev–Trinajstić information content (AvgIpc) is 2.25. The van der Waals surface area contributed by atoms with E-state index < -0.39 is 27.1 Å². The van der Waals surface area contributed by atoms with Gasteiger partial charge < -0.3 is 0 Å². The summed E-state index contributed by atoms with van der Waals surface area (Å²) >= 11 is 0. The van der Waals surface area contributed by atoms with Gasteiger partial charge in [0.15, 0.2) is 0 Å². The van der Waals surface area contributed by atoms with Crippen molar-refractivity contribution < 1.29 is 13.0 Å². The van der Waals surface area contributed by atoms with Gasteiger partial charge in [0.05, 0.1) is 10.9 Å². The first kappa shape index (κ1) is 14.5. The molecule has 1 aromatic carbocycles. The van der Waals surface area contributed by atoms with E-state index in [0.29, 0.717) is 0 Å². The van der Waals surface area contributed by atoms with E-state index in [1.165, 1.54) is 18.2 Å². The molecule has 2 rings (SSSR count). The summed E-state index contributed by atoms with van der Waals surface area (Å²) < 4.78 is 33.2. The number of fused-ring (bicyclic) bond motifs is 1. The van der Waals surface area contributed by atoms with Crippen molar-refractivity contribution in [2.45, 2.75) is 26.3 Å². The van der Waals surface area contributed by atoms with E-state index in [1.54, 1.807) is 26.8 Å². The molecule has 0 aliphatic rings. The molecule has 0 bridgehead atoms. The number of para-hydroxylation sites is 1. The maximum Gasteiger partial charge on any atom is 0.368 e. The van der Waals surface area contributed by atoms with E-state index in [9.17, 15) is 22.6 Å². The number of rotatable bonds is 1. The smallest absolute Gasteiger partial charge is 0.269 e. The number of hydrogen-bond acceptors (Lipinski definition) is 4.